The van der Waals surface area contributed by atoms with Crippen LogP contribution in [0.15, 0.2) is 0 Å². The smallest absolute Gasteiger partial charge is 0.123 e. The van der Waals surface area contributed by atoms with E-state index >= 15 is 0 Å². The summed E-state index contributed by atoms with van der Waals surface area (Å²) in [6.07, 6.45) is 1.79. The maximum Gasteiger partial charge on any atom is 0.123 e. The third-order valence-electron chi connectivity index (χ3n) is 1.31. The second-order valence-electron chi connectivity index (χ2n) is 3.42. The number of rotatable bonds is 3. The molecule has 0 aromatic carbocycles. The van der Waals surface area contributed by atoms with Crippen LogP contribution in [0.4, 0.5) is 0 Å². The predicted molar refractivity (Wildman–Crippen MR) is 43.3 cm³/mol. The largest absolute Gasteiger partial charge is 0.305 e. The van der Waals surface area contributed by atoms with E-state index in [4.69, 9.17) is 0 Å². The molecule has 0 aliphatic rings. The Kier molecular flexibility index (Phi) is 3.12. The van der Waals surface area contributed by atoms with Gasteiger partial charge in [-0.25, -0.2) is 0 Å². The second kappa shape index (κ2) is 3.16. The van der Waals surface area contributed by atoms with E-state index in [1.807, 2.05) is 0 Å². The first-order valence-corrected chi connectivity index (χ1v) is 7.01. The minimum atomic E-state index is -1.42. The molecule has 0 spiro atoms. The summed E-state index contributed by atoms with van der Waals surface area (Å²) in [5, 5.41) is 0.505. The molecule has 0 bridgehead atoms. The lowest BCUT2D eigenvalue weighted by Crippen LogP contribution is -2.32. The maximum absolute atomic E-state index is 11.1. The third kappa shape index (κ3) is 3.46. The van der Waals surface area contributed by atoms with Crippen molar-refractivity contribution in [3.8, 4) is 0 Å². The quantitative estimate of drug-likeness (QED) is 0.555. The number of carbonyl (C=O) groups excluding carboxylic acids is 1. The van der Waals surface area contributed by atoms with E-state index in [1.54, 1.807) is 0 Å². The van der Waals surface area contributed by atoms with Crippen molar-refractivity contribution in [1.82, 2.24) is 0 Å². The monoisotopic (exact) mass is 144 g/mol. The highest BCUT2D eigenvalue weighted by Crippen LogP contribution is 2.05. The average molecular weight is 144 g/mol. The van der Waals surface area contributed by atoms with Crippen LogP contribution in [0, 0.1) is 0 Å². The molecule has 9 heavy (non-hydrogen) atoms. The summed E-state index contributed by atoms with van der Waals surface area (Å²) in [4.78, 5) is 11.1. The molecule has 1 nitrogen and oxygen atoms in total. The van der Waals surface area contributed by atoms with Crippen LogP contribution in [0.1, 0.15) is 19.8 Å². The summed E-state index contributed by atoms with van der Waals surface area (Å²) < 4.78 is 0. The second-order valence-corrected chi connectivity index (χ2v) is 8.48. The fourth-order valence-corrected chi connectivity index (χ4v) is 1.60. The molecule has 0 radical (unpaired) electrons. The maximum atomic E-state index is 11.1. The molecule has 2 heteroatoms. The van der Waals surface area contributed by atoms with Gasteiger partial charge in [0.2, 0.25) is 0 Å². The van der Waals surface area contributed by atoms with Gasteiger partial charge in [-0.2, -0.15) is 0 Å². The minimum Gasteiger partial charge on any atom is -0.305 e. The highest BCUT2D eigenvalue weighted by atomic mass is 28.3. The number of hydrogen-bond acceptors (Lipinski definition) is 1. The first kappa shape index (κ1) is 8.89. The van der Waals surface area contributed by atoms with Crippen molar-refractivity contribution in [3.63, 3.8) is 0 Å². The van der Waals surface area contributed by atoms with Crippen molar-refractivity contribution in [2.75, 3.05) is 0 Å². The fourth-order valence-electron chi connectivity index (χ4n) is 0.602. The lowest BCUT2D eigenvalue weighted by atomic mass is 10.4. The Morgan fingerprint density at radius 2 is 1.78 bits per heavy atom. The molecule has 0 aliphatic carbocycles. The summed E-state index contributed by atoms with van der Waals surface area (Å²) in [6.45, 7) is 8.36. The molecule has 0 rings (SSSR count). The van der Waals surface area contributed by atoms with Gasteiger partial charge in [-0.05, 0) is 6.42 Å². The van der Waals surface area contributed by atoms with Gasteiger partial charge in [0, 0.05) is 6.42 Å². The van der Waals surface area contributed by atoms with Gasteiger partial charge in [-0.15, -0.1) is 0 Å². The molecule has 0 aromatic heterocycles. The fraction of sp³-hybridized carbons (Fsp3) is 0.857. The van der Waals surface area contributed by atoms with Crippen LogP contribution >= 0.6 is 0 Å². The first-order valence-electron chi connectivity index (χ1n) is 3.51. The van der Waals surface area contributed by atoms with Crippen LogP contribution in [0.5, 0.6) is 0 Å². The molecule has 0 amide bonds. The van der Waals surface area contributed by atoms with Crippen molar-refractivity contribution in [1.29, 1.82) is 0 Å². The van der Waals surface area contributed by atoms with Crippen molar-refractivity contribution in [2.45, 2.75) is 39.4 Å². The normalized spacial score (nSPS) is 11.6. The summed E-state index contributed by atoms with van der Waals surface area (Å²) in [6, 6.07) is 0. The first-order chi connectivity index (χ1) is 3.98. The van der Waals surface area contributed by atoms with E-state index in [9.17, 15) is 4.79 Å². The zero-order valence-corrected chi connectivity index (χ0v) is 7.82. The van der Waals surface area contributed by atoms with E-state index in [2.05, 4.69) is 26.6 Å². The van der Waals surface area contributed by atoms with Gasteiger partial charge >= 0.3 is 0 Å². The topological polar surface area (TPSA) is 17.1 Å². The molecule has 0 heterocycles. The van der Waals surface area contributed by atoms with Crippen LogP contribution in [-0.4, -0.2) is 13.5 Å². The highest BCUT2D eigenvalue weighted by Gasteiger charge is 2.22. The summed E-state index contributed by atoms with van der Waals surface area (Å²) in [5.74, 6) is 0. The Labute approximate surface area is 58.5 Å². The molecule has 0 aliphatic heterocycles. The SMILES string of the molecule is CCCC(=O)[Si](C)(C)C. The molecular formula is C7H16OSi. The van der Waals surface area contributed by atoms with Gasteiger partial charge in [0.15, 0.2) is 0 Å². The molecule has 0 atom stereocenters. The highest BCUT2D eigenvalue weighted by molar-refractivity contribution is 7.03. The third-order valence-corrected chi connectivity index (χ3v) is 3.24. The van der Waals surface area contributed by atoms with Gasteiger partial charge in [-0.3, -0.25) is 0 Å². The van der Waals surface area contributed by atoms with Crippen molar-refractivity contribution in [2.24, 2.45) is 0 Å². The number of hydrogen-bond donors (Lipinski definition) is 0. The van der Waals surface area contributed by atoms with Crippen LogP contribution in [0.25, 0.3) is 0 Å². The van der Waals surface area contributed by atoms with E-state index in [-0.39, 0.29) is 0 Å². The molecular weight excluding hydrogens is 128 g/mol. The molecule has 0 saturated heterocycles. The Hall–Kier alpha value is -0.113. The molecule has 0 fully saturated rings. The summed E-state index contributed by atoms with van der Waals surface area (Å²) in [5.41, 5.74) is 0. The minimum absolute atomic E-state index is 0.505. The lowest BCUT2D eigenvalue weighted by molar-refractivity contribution is -0.112. The predicted octanol–water partition coefficient (Wildman–Crippen LogP) is 2.23. The van der Waals surface area contributed by atoms with Crippen molar-refractivity contribution in [3.05, 3.63) is 0 Å². The van der Waals surface area contributed by atoms with Crippen LogP contribution < -0.4 is 0 Å². The Morgan fingerprint density at radius 1 is 1.33 bits per heavy atom. The van der Waals surface area contributed by atoms with Crippen LogP contribution in [0.2, 0.25) is 19.6 Å². The summed E-state index contributed by atoms with van der Waals surface area (Å²) >= 11 is 0. The Balaban J connectivity index is 3.74. The molecule has 0 unspecified atom stereocenters. The molecule has 0 N–H and O–H groups in total. The summed E-state index contributed by atoms with van der Waals surface area (Å²) in [7, 11) is -1.42. The zero-order chi connectivity index (χ0) is 7.49. The van der Waals surface area contributed by atoms with E-state index in [0.29, 0.717) is 5.41 Å². The van der Waals surface area contributed by atoms with Gasteiger partial charge in [0.05, 0.1) is 0 Å². The van der Waals surface area contributed by atoms with Crippen LogP contribution in [0.3, 0.4) is 0 Å². The van der Waals surface area contributed by atoms with Gasteiger partial charge in [0.1, 0.15) is 13.5 Å². The van der Waals surface area contributed by atoms with E-state index in [0.717, 1.165) is 12.8 Å². The van der Waals surface area contributed by atoms with Crippen molar-refractivity contribution < 1.29 is 4.79 Å². The lowest BCUT2D eigenvalue weighted by Gasteiger charge is -2.12. The average Bonchev–Trinajstić information content (AvgIpc) is 1.64. The standard InChI is InChI=1S/C7H16OSi/c1-5-6-7(8)9(2,3)4/h5-6H2,1-4H3. The van der Waals surface area contributed by atoms with E-state index in [1.165, 1.54) is 0 Å². The van der Waals surface area contributed by atoms with Gasteiger partial charge < -0.3 is 4.79 Å². The number of carbonyl (C=O) groups is 1. The Morgan fingerprint density at radius 3 is 1.89 bits per heavy atom. The molecule has 0 aromatic rings. The van der Waals surface area contributed by atoms with E-state index < -0.39 is 8.07 Å². The Bertz CT molecular complexity index is 102. The molecule has 54 valence electrons. The van der Waals surface area contributed by atoms with Gasteiger partial charge in [0.25, 0.3) is 0 Å². The van der Waals surface area contributed by atoms with Crippen LogP contribution in [-0.2, 0) is 4.79 Å². The molecule has 0 saturated carbocycles. The van der Waals surface area contributed by atoms with Crippen molar-refractivity contribution >= 4 is 13.5 Å². The zero-order valence-electron chi connectivity index (χ0n) is 6.82. The van der Waals surface area contributed by atoms with Gasteiger partial charge in [-0.1, -0.05) is 26.6 Å².